The molecule has 12 heavy (non-hydrogen) atoms. The van der Waals surface area contributed by atoms with E-state index < -0.39 is 0 Å². The van der Waals surface area contributed by atoms with Gasteiger partial charge in [-0.05, 0) is 12.2 Å². The smallest absolute Gasteiger partial charge is 0.135 e. The summed E-state index contributed by atoms with van der Waals surface area (Å²) in [5, 5.41) is 2.20. The van der Waals surface area contributed by atoms with E-state index in [0.29, 0.717) is 6.04 Å². The molecule has 1 unspecified atom stereocenters. The maximum absolute atomic E-state index is 2.20. The third-order valence-electron chi connectivity index (χ3n) is 2.04. The number of quaternary nitrogens is 1. The van der Waals surface area contributed by atoms with E-state index in [9.17, 15) is 0 Å². The van der Waals surface area contributed by atoms with Crippen molar-refractivity contribution in [2.24, 2.45) is 0 Å². The molecule has 1 aromatic rings. The van der Waals surface area contributed by atoms with E-state index in [-0.39, 0.29) is 0 Å². The molecule has 1 heterocycles. The predicted molar refractivity (Wildman–Crippen MR) is 49.4 cm³/mol. The van der Waals surface area contributed by atoms with Crippen LogP contribution in [0.4, 0.5) is 0 Å². The van der Waals surface area contributed by atoms with Crippen LogP contribution < -0.4 is 5.32 Å². The molecule has 0 saturated carbocycles. The largest absolute Gasteiger partial charge is 0.311 e. The van der Waals surface area contributed by atoms with Gasteiger partial charge >= 0.3 is 0 Å². The topological polar surface area (TPSA) is 16.6 Å². The molecule has 2 rings (SSSR count). The van der Waals surface area contributed by atoms with Gasteiger partial charge in [-0.3, -0.25) is 0 Å². The van der Waals surface area contributed by atoms with Crippen LogP contribution in [-0.4, -0.2) is 0 Å². The summed E-state index contributed by atoms with van der Waals surface area (Å²) in [5.74, 6) is 0. The highest BCUT2D eigenvalue weighted by Crippen LogP contribution is 2.10. The third kappa shape index (κ3) is 1.46. The Hall–Kier alpha value is -1.34. The first-order valence-corrected chi connectivity index (χ1v) is 4.20. The highest BCUT2D eigenvalue weighted by Gasteiger charge is 2.09. The van der Waals surface area contributed by atoms with Gasteiger partial charge in [-0.1, -0.05) is 36.4 Å². The first kappa shape index (κ1) is 7.32. The lowest BCUT2D eigenvalue weighted by Gasteiger charge is -2.10. The molecule has 1 atom stereocenters. The van der Waals surface area contributed by atoms with Crippen molar-refractivity contribution in [1.29, 1.82) is 0 Å². The maximum atomic E-state index is 2.20. The minimum Gasteiger partial charge on any atom is -0.311 e. The van der Waals surface area contributed by atoms with Crippen LogP contribution in [0.25, 0.3) is 0 Å². The van der Waals surface area contributed by atoms with Gasteiger partial charge in [0.15, 0.2) is 0 Å². The van der Waals surface area contributed by atoms with E-state index in [4.69, 9.17) is 0 Å². The van der Waals surface area contributed by atoms with Gasteiger partial charge in [-0.25, -0.2) is 0 Å². The van der Waals surface area contributed by atoms with E-state index in [1.807, 2.05) is 6.07 Å². The molecule has 0 aliphatic carbocycles. The molecular formula is C11H12N+. The third-order valence-corrected chi connectivity index (χ3v) is 2.04. The molecule has 0 fully saturated rings. The summed E-state index contributed by atoms with van der Waals surface area (Å²) in [4.78, 5) is 0. The van der Waals surface area contributed by atoms with Crippen molar-refractivity contribution < 1.29 is 5.32 Å². The molecule has 0 aromatic heterocycles. The van der Waals surface area contributed by atoms with Crippen molar-refractivity contribution in [3.8, 4) is 0 Å². The normalized spacial score (nSPS) is 21.2. The molecule has 1 nitrogen and oxygen atoms in total. The summed E-state index contributed by atoms with van der Waals surface area (Å²) in [6.07, 6.45) is 8.45. The number of hydrogen-bond donors (Lipinski definition) is 1. The van der Waals surface area contributed by atoms with Gasteiger partial charge in [0, 0.05) is 5.56 Å². The second-order valence-corrected chi connectivity index (χ2v) is 2.90. The van der Waals surface area contributed by atoms with E-state index in [1.165, 1.54) is 5.56 Å². The molecule has 0 spiro atoms. The van der Waals surface area contributed by atoms with E-state index in [2.05, 4.69) is 54.0 Å². The SMILES string of the molecule is C1=C[NH2+]C(c2ccccc2)C=C1. The lowest BCUT2D eigenvalue weighted by Crippen LogP contribution is -2.79. The summed E-state index contributed by atoms with van der Waals surface area (Å²) in [6.45, 7) is 0. The second kappa shape index (κ2) is 3.37. The number of rotatable bonds is 1. The molecule has 1 aromatic carbocycles. The average Bonchev–Trinajstić information content (AvgIpc) is 2.21. The Morgan fingerprint density at radius 1 is 1.00 bits per heavy atom. The fraction of sp³-hybridized carbons (Fsp3) is 0.0909. The van der Waals surface area contributed by atoms with E-state index in [1.54, 1.807) is 0 Å². The highest BCUT2D eigenvalue weighted by molar-refractivity contribution is 5.22. The zero-order chi connectivity index (χ0) is 8.23. The Morgan fingerprint density at radius 2 is 1.83 bits per heavy atom. The molecule has 2 N–H and O–H groups in total. The minimum absolute atomic E-state index is 0.469. The average molecular weight is 158 g/mol. The van der Waals surface area contributed by atoms with Crippen LogP contribution >= 0.6 is 0 Å². The molecule has 1 aliphatic rings. The second-order valence-electron chi connectivity index (χ2n) is 2.90. The molecule has 0 bridgehead atoms. The monoisotopic (exact) mass is 158 g/mol. The Balaban J connectivity index is 2.21. The van der Waals surface area contributed by atoms with Gasteiger partial charge in [-0.15, -0.1) is 0 Å². The summed E-state index contributed by atoms with van der Waals surface area (Å²) >= 11 is 0. The predicted octanol–water partition coefficient (Wildman–Crippen LogP) is 1.37. The molecule has 0 saturated heterocycles. The zero-order valence-electron chi connectivity index (χ0n) is 6.85. The van der Waals surface area contributed by atoms with Crippen molar-refractivity contribution in [3.05, 3.63) is 60.3 Å². The highest BCUT2D eigenvalue weighted by atomic mass is 14.9. The molecule has 0 amide bonds. The van der Waals surface area contributed by atoms with Gasteiger partial charge in [-0.2, -0.15) is 0 Å². The van der Waals surface area contributed by atoms with Crippen LogP contribution in [0.3, 0.4) is 0 Å². The van der Waals surface area contributed by atoms with Crippen molar-refractivity contribution in [2.45, 2.75) is 6.04 Å². The molecular weight excluding hydrogens is 146 g/mol. The molecule has 1 heteroatoms. The van der Waals surface area contributed by atoms with Gasteiger partial charge in [0.1, 0.15) is 6.04 Å². The van der Waals surface area contributed by atoms with Crippen LogP contribution in [0.1, 0.15) is 11.6 Å². The van der Waals surface area contributed by atoms with Crippen LogP contribution in [0.2, 0.25) is 0 Å². The van der Waals surface area contributed by atoms with Crippen LogP contribution in [0.15, 0.2) is 54.8 Å². The number of nitrogens with two attached hydrogens (primary N) is 1. The lowest BCUT2D eigenvalue weighted by atomic mass is 10.1. The number of allylic oxidation sites excluding steroid dienone is 2. The zero-order valence-corrected chi connectivity index (χ0v) is 6.85. The number of benzene rings is 1. The Labute approximate surface area is 72.4 Å². The van der Waals surface area contributed by atoms with Crippen LogP contribution in [-0.2, 0) is 0 Å². The number of hydrogen-bond acceptors (Lipinski definition) is 0. The van der Waals surface area contributed by atoms with Crippen LogP contribution in [0, 0.1) is 0 Å². The molecule has 60 valence electrons. The summed E-state index contributed by atoms with van der Waals surface area (Å²) < 4.78 is 0. The summed E-state index contributed by atoms with van der Waals surface area (Å²) in [5.41, 5.74) is 1.36. The summed E-state index contributed by atoms with van der Waals surface area (Å²) in [7, 11) is 0. The Bertz CT molecular complexity index is 298. The lowest BCUT2D eigenvalue weighted by molar-refractivity contribution is -0.622. The van der Waals surface area contributed by atoms with Gasteiger partial charge < -0.3 is 5.32 Å². The van der Waals surface area contributed by atoms with Gasteiger partial charge in [0.25, 0.3) is 0 Å². The summed E-state index contributed by atoms with van der Waals surface area (Å²) in [6, 6.07) is 11.0. The van der Waals surface area contributed by atoms with Crippen LogP contribution in [0.5, 0.6) is 0 Å². The van der Waals surface area contributed by atoms with E-state index in [0.717, 1.165) is 0 Å². The van der Waals surface area contributed by atoms with Crippen molar-refractivity contribution >= 4 is 0 Å². The Kier molecular flexibility index (Phi) is 2.06. The molecule has 1 aliphatic heterocycles. The first-order valence-electron chi connectivity index (χ1n) is 4.20. The standard InChI is InChI=1S/C11H11N/c1-2-6-10(7-3-1)11-8-4-5-9-12-11/h1-9,11-12H/p+1. The fourth-order valence-corrected chi connectivity index (χ4v) is 1.39. The minimum atomic E-state index is 0.469. The Morgan fingerprint density at radius 3 is 2.50 bits per heavy atom. The van der Waals surface area contributed by atoms with E-state index >= 15 is 0 Å². The first-order chi connectivity index (χ1) is 5.97. The molecule has 0 radical (unpaired) electrons. The van der Waals surface area contributed by atoms with Gasteiger partial charge in [0.2, 0.25) is 0 Å². The van der Waals surface area contributed by atoms with Crippen molar-refractivity contribution in [3.63, 3.8) is 0 Å². The van der Waals surface area contributed by atoms with Gasteiger partial charge in [0.05, 0.1) is 6.20 Å². The van der Waals surface area contributed by atoms with Crippen molar-refractivity contribution in [1.82, 2.24) is 0 Å². The quantitative estimate of drug-likeness (QED) is 0.635. The van der Waals surface area contributed by atoms with Crippen molar-refractivity contribution in [2.75, 3.05) is 0 Å². The maximum Gasteiger partial charge on any atom is 0.135 e. The fourth-order valence-electron chi connectivity index (χ4n) is 1.39.